The molecule has 0 saturated heterocycles. The molecule has 39 heavy (non-hydrogen) atoms. The summed E-state index contributed by atoms with van der Waals surface area (Å²) in [5.41, 5.74) is 1.70. The number of ether oxygens (including phenoxy) is 1. The SMILES string of the molecule is CCCC(C)NC(=O)C(c1ccc(C)cc1)N(C(=O)C(Cc1ccc(O)cc1)NC(=O)OC(C)(C)C)C(C)C. The van der Waals surface area contributed by atoms with Crippen LogP contribution in [-0.4, -0.2) is 51.6 Å². The van der Waals surface area contributed by atoms with Gasteiger partial charge in [0.25, 0.3) is 0 Å². The maximum atomic E-state index is 14.3. The number of rotatable bonds is 11. The Morgan fingerprint density at radius 3 is 2.05 bits per heavy atom. The number of carbonyl (C=O) groups is 3. The number of nitrogens with zero attached hydrogens (tertiary/aromatic N) is 1. The lowest BCUT2D eigenvalue weighted by molar-refractivity contribution is -0.144. The van der Waals surface area contributed by atoms with Crippen LogP contribution in [0.4, 0.5) is 4.79 Å². The Labute approximate surface area is 233 Å². The van der Waals surface area contributed by atoms with E-state index in [1.807, 2.05) is 52.0 Å². The average molecular weight is 540 g/mol. The number of nitrogens with one attached hydrogen (secondary N) is 2. The Bertz CT molecular complexity index is 1090. The Kier molecular flexibility index (Phi) is 11.4. The van der Waals surface area contributed by atoms with Gasteiger partial charge in [0.1, 0.15) is 23.4 Å². The number of hydrogen-bond donors (Lipinski definition) is 3. The number of amides is 3. The fourth-order valence-electron chi connectivity index (χ4n) is 4.39. The van der Waals surface area contributed by atoms with Gasteiger partial charge in [0.2, 0.25) is 11.8 Å². The van der Waals surface area contributed by atoms with Crippen LogP contribution in [0.25, 0.3) is 0 Å². The highest BCUT2D eigenvalue weighted by Gasteiger charge is 2.38. The molecule has 3 atom stereocenters. The first-order valence-electron chi connectivity index (χ1n) is 13.7. The molecule has 0 aromatic heterocycles. The molecule has 0 fully saturated rings. The molecule has 2 aromatic carbocycles. The van der Waals surface area contributed by atoms with Crippen molar-refractivity contribution < 1.29 is 24.2 Å². The Morgan fingerprint density at radius 1 is 0.949 bits per heavy atom. The molecule has 3 amide bonds. The molecule has 0 aliphatic heterocycles. The van der Waals surface area contributed by atoms with Crippen molar-refractivity contribution in [1.82, 2.24) is 15.5 Å². The summed E-state index contributed by atoms with van der Waals surface area (Å²) < 4.78 is 5.46. The third-order valence-corrected chi connectivity index (χ3v) is 6.21. The van der Waals surface area contributed by atoms with Crippen molar-refractivity contribution in [2.75, 3.05) is 0 Å². The zero-order chi connectivity index (χ0) is 29.3. The van der Waals surface area contributed by atoms with Gasteiger partial charge in [0, 0.05) is 18.5 Å². The first-order valence-corrected chi connectivity index (χ1v) is 13.7. The van der Waals surface area contributed by atoms with Crippen LogP contribution in [0.1, 0.15) is 84.0 Å². The third-order valence-electron chi connectivity index (χ3n) is 6.21. The third kappa shape index (κ3) is 9.93. The van der Waals surface area contributed by atoms with Gasteiger partial charge in [-0.05, 0) is 78.1 Å². The molecule has 0 bridgehead atoms. The van der Waals surface area contributed by atoms with E-state index in [-0.39, 0.29) is 30.2 Å². The van der Waals surface area contributed by atoms with Gasteiger partial charge in [-0.15, -0.1) is 0 Å². The van der Waals surface area contributed by atoms with Crippen LogP contribution in [0.2, 0.25) is 0 Å². The molecule has 0 spiro atoms. The average Bonchev–Trinajstić information content (AvgIpc) is 2.82. The van der Waals surface area contributed by atoms with E-state index in [1.54, 1.807) is 37.8 Å². The lowest BCUT2D eigenvalue weighted by atomic mass is 9.98. The quantitative estimate of drug-likeness (QED) is 0.353. The van der Waals surface area contributed by atoms with E-state index in [9.17, 15) is 19.5 Å². The van der Waals surface area contributed by atoms with Crippen LogP contribution < -0.4 is 10.6 Å². The maximum absolute atomic E-state index is 14.3. The number of aromatic hydroxyl groups is 1. The van der Waals surface area contributed by atoms with Crippen molar-refractivity contribution in [3.05, 3.63) is 65.2 Å². The standard InChI is InChI=1S/C31H45N3O5/c1-9-10-22(5)32-28(36)27(24-15-11-21(4)12-16-24)34(20(2)3)29(37)26(33-30(38)39-31(6,7)8)19-23-13-17-25(35)18-14-23/h11-18,20,22,26-27,35H,9-10,19H2,1-8H3,(H,32,36)(H,33,38). The molecule has 0 aliphatic carbocycles. The topological polar surface area (TPSA) is 108 Å². The smallest absolute Gasteiger partial charge is 0.408 e. The number of carbonyl (C=O) groups excluding carboxylic acids is 3. The van der Waals surface area contributed by atoms with Crippen LogP contribution in [0.5, 0.6) is 5.75 Å². The van der Waals surface area contributed by atoms with Gasteiger partial charge in [-0.1, -0.05) is 55.3 Å². The van der Waals surface area contributed by atoms with Crippen molar-refractivity contribution in [2.45, 2.75) is 104 Å². The first-order chi connectivity index (χ1) is 18.2. The second-order valence-electron chi connectivity index (χ2n) is 11.4. The summed E-state index contributed by atoms with van der Waals surface area (Å²) in [6.07, 6.45) is 1.15. The molecule has 0 saturated carbocycles. The summed E-state index contributed by atoms with van der Waals surface area (Å²) in [6, 6.07) is 11.7. The molecule has 8 heteroatoms. The second kappa shape index (κ2) is 14.0. The van der Waals surface area contributed by atoms with Crippen LogP contribution in [-0.2, 0) is 20.7 Å². The molecule has 8 nitrogen and oxygen atoms in total. The summed E-state index contributed by atoms with van der Waals surface area (Å²) in [6.45, 7) is 14.9. The highest BCUT2D eigenvalue weighted by Crippen LogP contribution is 2.26. The van der Waals surface area contributed by atoms with Gasteiger partial charge in [0.05, 0.1) is 0 Å². The minimum Gasteiger partial charge on any atom is -0.508 e. The Morgan fingerprint density at radius 2 is 1.54 bits per heavy atom. The molecule has 3 N–H and O–H groups in total. The van der Waals surface area contributed by atoms with Gasteiger partial charge in [-0.3, -0.25) is 9.59 Å². The van der Waals surface area contributed by atoms with E-state index in [1.165, 1.54) is 12.1 Å². The van der Waals surface area contributed by atoms with Crippen molar-refractivity contribution in [2.24, 2.45) is 0 Å². The lowest BCUT2D eigenvalue weighted by Crippen LogP contribution is -2.56. The number of phenolic OH excluding ortho intramolecular Hbond substituents is 1. The highest BCUT2D eigenvalue weighted by atomic mass is 16.6. The first kappa shape index (κ1) is 31.7. The van der Waals surface area contributed by atoms with Crippen molar-refractivity contribution >= 4 is 17.9 Å². The van der Waals surface area contributed by atoms with E-state index in [2.05, 4.69) is 17.6 Å². The fourth-order valence-corrected chi connectivity index (χ4v) is 4.39. The number of hydrogen-bond acceptors (Lipinski definition) is 5. The van der Waals surface area contributed by atoms with Gasteiger partial charge in [-0.25, -0.2) is 4.79 Å². The van der Waals surface area contributed by atoms with Crippen LogP contribution in [0, 0.1) is 6.92 Å². The molecular weight excluding hydrogens is 494 g/mol. The van der Waals surface area contributed by atoms with Gasteiger partial charge in [-0.2, -0.15) is 0 Å². The summed E-state index contributed by atoms with van der Waals surface area (Å²) >= 11 is 0. The fraction of sp³-hybridized carbons (Fsp3) is 0.516. The molecule has 2 aromatic rings. The van der Waals surface area contributed by atoms with Crippen molar-refractivity contribution in [3.8, 4) is 5.75 Å². The van der Waals surface area contributed by atoms with Crippen LogP contribution in [0.15, 0.2) is 48.5 Å². The Balaban J connectivity index is 2.53. The largest absolute Gasteiger partial charge is 0.508 e. The predicted molar refractivity (Wildman–Crippen MR) is 153 cm³/mol. The lowest BCUT2D eigenvalue weighted by Gasteiger charge is -2.37. The zero-order valence-electron chi connectivity index (χ0n) is 24.6. The molecule has 0 radical (unpaired) electrons. The number of benzene rings is 2. The molecule has 0 aliphatic rings. The summed E-state index contributed by atoms with van der Waals surface area (Å²) in [5.74, 6) is -0.585. The summed E-state index contributed by atoms with van der Waals surface area (Å²) in [4.78, 5) is 42.4. The minimum atomic E-state index is -1.01. The van der Waals surface area contributed by atoms with E-state index < -0.39 is 29.7 Å². The minimum absolute atomic E-state index is 0.0627. The van der Waals surface area contributed by atoms with E-state index in [4.69, 9.17) is 4.74 Å². The second-order valence-corrected chi connectivity index (χ2v) is 11.4. The van der Waals surface area contributed by atoms with E-state index >= 15 is 0 Å². The van der Waals surface area contributed by atoms with E-state index in [0.717, 1.165) is 24.0 Å². The highest BCUT2D eigenvalue weighted by molar-refractivity contribution is 5.92. The normalized spacial score (nSPS) is 13.8. The summed E-state index contributed by atoms with van der Waals surface area (Å²) in [5, 5.41) is 15.5. The number of aryl methyl sites for hydroxylation is 1. The van der Waals surface area contributed by atoms with E-state index in [0.29, 0.717) is 5.56 Å². The zero-order valence-corrected chi connectivity index (χ0v) is 24.6. The van der Waals surface area contributed by atoms with Gasteiger partial charge < -0.3 is 25.4 Å². The van der Waals surface area contributed by atoms with Crippen molar-refractivity contribution in [3.63, 3.8) is 0 Å². The molecule has 0 heterocycles. The predicted octanol–water partition coefficient (Wildman–Crippen LogP) is 5.42. The van der Waals surface area contributed by atoms with Gasteiger partial charge in [0.15, 0.2) is 0 Å². The molecule has 3 unspecified atom stereocenters. The number of alkyl carbamates (subject to hydrolysis) is 1. The van der Waals surface area contributed by atoms with Crippen molar-refractivity contribution in [1.29, 1.82) is 0 Å². The molecule has 214 valence electrons. The van der Waals surface area contributed by atoms with Crippen LogP contribution >= 0.6 is 0 Å². The maximum Gasteiger partial charge on any atom is 0.408 e. The van der Waals surface area contributed by atoms with Gasteiger partial charge >= 0.3 is 6.09 Å². The monoisotopic (exact) mass is 539 g/mol. The molecule has 2 rings (SSSR count). The summed E-state index contributed by atoms with van der Waals surface area (Å²) in [7, 11) is 0. The number of phenols is 1. The Hall–Kier alpha value is -3.55. The molecular formula is C31H45N3O5. The van der Waals surface area contributed by atoms with Crippen LogP contribution in [0.3, 0.4) is 0 Å².